The highest BCUT2D eigenvalue weighted by Gasteiger charge is 1.95. The molecule has 0 atom stereocenters. The summed E-state index contributed by atoms with van der Waals surface area (Å²) < 4.78 is 0. The van der Waals surface area contributed by atoms with Crippen LogP contribution in [-0.2, 0) is 0 Å². The summed E-state index contributed by atoms with van der Waals surface area (Å²) >= 11 is 1.50. The molecule has 1 heterocycles. The molecule has 0 amide bonds. The Labute approximate surface area is 63.9 Å². The lowest BCUT2D eigenvalue weighted by atomic mass is 10.3. The van der Waals surface area contributed by atoms with Gasteiger partial charge in [-0.25, -0.2) is 0 Å². The Morgan fingerprint density at radius 3 is 3.10 bits per heavy atom. The molecule has 0 saturated heterocycles. The first-order valence-corrected chi connectivity index (χ1v) is 3.80. The maximum Gasteiger partial charge on any atom is 0.146 e. The average molecular weight is 152 g/mol. The van der Waals surface area contributed by atoms with E-state index in [1.165, 1.54) is 11.3 Å². The molecule has 10 heavy (non-hydrogen) atoms. The Kier molecular flexibility index (Phi) is 2.34. The molecule has 0 aromatic carbocycles. The first-order chi connectivity index (χ1) is 4.84. The van der Waals surface area contributed by atoms with Crippen molar-refractivity contribution in [3.8, 4) is 0 Å². The van der Waals surface area contributed by atoms with Crippen LogP contribution in [-0.4, -0.2) is 10.2 Å². The minimum Gasteiger partial charge on any atom is -0.147 e. The molecular formula is C7H8N2S. The van der Waals surface area contributed by atoms with Crippen molar-refractivity contribution in [2.75, 3.05) is 0 Å². The van der Waals surface area contributed by atoms with Crippen LogP contribution in [0.4, 0.5) is 0 Å². The monoisotopic (exact) mass is 152 g/mol. The quantitative estimate of drug-likeness (QED) is 0.607. The van der Waals surface area contributed by atoms with Gasteiger partial charge in [-0.05, 0) is 6.92 Å². The molecular weight excluding hydrogens is 144 g/mol. The van der Waals surface area contributed by atoms with Gasteiger partial charge in [-0.2, -0.15) is 0 Å². The molecule has 0 aliphatic heterocycles. The van der Waals surface area contributed by atoms with Gasteiger partial charge in [0.2, 0.25) is 0 Å². The van der Waals surface area contributed by atoms with Crippen LogP contribution in [0.5, 0.6) is 0 Å². The SMILES string of the molecule is C=C(/C=C\C)c1nncs1. The van der Waals surface area contributed by atoms with E-state index in [4.69, 9.17) is 0 Å². The highest BCUT2D eigenvalue weighted by atomic mass is 32.1. The minimum absolute atomic E-state index is 0.887. The van der Waals surface area contributed by atoms with Gasteiger partial charge in [0.1, 0.15) is 10.5 Å². The van der Waals surface area contributed by atoms with Crippen molar-refractivity contribution in [3.05, 3.63) is 29.2 Å². The molecule has 0 spiro atoms. The predicted molar refractivity (Wildman–Crippen MR) is 43.8 cm³/mol. The summed E-state index contributed by atoms with van der Waals surface area (Å²) in [7, 11) is 0. The van der Waals surface area contributed by atoms with Crippen molar-refractivity contribution >= 4 is 16.9 Å². The molecule has 0 saturated carbocycles. The third-order valence-electron chi connectivity index (χ3n) is 1.00. The van der Waals surface area contributed by atoms with E-state index in [0.717, 1.165) is 10.6 Å². The molecule has 2 nitrogen and oxygen atoms in total. The van der Waals surface area contributed by atoms with Crippen molar-refractivity contribution in [2.24, 2.45) is 0 Å². The Morgan fingerprint density at radius 1 is 1.80 bits per heavy atom. The normalized spacial score (nSPS) is 10.5. The van der Waals surface area contributed by atoms with E-state index < -0.39 is 0 Å². The number of nitrogens with zero attached hydrogens (tertiary/aromatic N) is 2. The maximum atomic E-state index is 3.85. The van der Waals surface area contributed by atoms with Gasteiger partial charge in [0.25, 0.3) is 0 Å². The van der Waals surface area contributed by atoms with Crippen LogP contribution in [0.3, 0.4) is 0 Å². The van der Waals surface area contributed by atoms with Crippen LogP contribution < -0.4 is 0 Å². The van der Waals surface area contributed by atoms with Gasteiger partial charge in [0.15, 0.2) is 0 Å². The van der Waals surface area contributed by atoms with E-state index in [1.54, 1.807) is 5.51 Å². The zero-order chi connectivity index (χ0) is 7.40. The molecule has 0 aliphatic carbocycles. The Hall–Kier alpha value is -0.960. The molecule has 1 aromatic heterocycles. The van der Waals surface area contributed by atoms with Gasteiger partial charge in [-0.3, -0.25) is 0 Å². The summed E-state index contributed by atoms with van der Waals surface area (Å²) in [6.45, 7) is 5.76. The van der Waals surface area contributed by atoms with Gasteiger partial charge < -0.3 is 0 Å². The third kappa shape index (κ3) is 1.51. The smallest absolute Gasteiger partial charge is 0.146 e. The Morgan fingerprint density at radius 2 is 2.60 bits per heavy atom. The van der Waals surface area contributed by atoms with Gasteiger partial charge in [-0.1, -0.05) is 30.1 Å². The molecule has 3 heteroatoms. The number of allylic oxidation sites excluding steroid dienone is 3. The Bertz CT molecular complexity index is 236. The van der Waals surface area contributed by atoms with Crippen molar-refractivity contribution in [2.45, 2.75) is 6.92 Å². The molecule has 0 bridgehead atoms. The minimum atomic E-state index is 0.887. The summed E-state index contributed by atoms with van der Waals surface area (Å²) in [6, 6.07) is 0. The van der Waals surface area contributed by atoms with Gasteiger partial charge in [-0.15, -0.1) is 10.2 Å². The van der Waals surface area contributed by atoms with Gasteiger partial charge >= 0.3 is 0 Å². The highest BCUT2D eigenvalue weighted by molar-refractivity contribution is 7.10. The molecule has 0 fully saturated rings. The molecule has 1 rings (SSSR count). The number of aromatic nitrogens is 2. The van der Waals surface area contributed by atoms with E-state index in [1.807, 2.05) is 19.1 Å². The second-order valence-corrected chi connectivity index (χ2v) is 2.60. The maximum absolute atomic E-state index is 3.85. The molecule has 0 radical (unpaired) electrons. The summed E-state index contributed by atoms with van der Waals surface area (Å²) in [6.07, 6.45) is 3.85. The van der Waals surface area contributed by atoms with Crippen LogP contribution in [0.2, 0.25) is 0 Å². The number of rotatable bonds is 2. The predicted octanol–water partition coefficient (Wildman–Crippen LogP) is 2.13. The van der Waals surface area contributed by atoms with E-state index in [-0.39, 0.29) is 0 Å². The zero-order valence-electron chi connectivity index (χ0n) is 5.74. The standard InChI is InChI=1S/C7H8N2S/c1-3-4-6(2)7-9-8-5-10-7/h3-5H,2H2,1H3/b4-3-. The van der Waals surface area contributed by atoms with Crippen LogP contribution in [0, 0.1) is 0 Å². The number of hydrogen-bond donors (Lipinski definition) is 0. The zero-order valence-corrected chi connectivity index (χ0v) is 6.56. The molecule has 0 N–H and O–H groups in total. The average Bonchev–Trinajstić information content (AvgIpc) is 2.38. The van der Waals surface area contributed by atoms with Crippen LogP contribution in [0.25, 0.3) is 5.57 Å². The van der Waals surface area contributed by atoms with Gasteiger partial charge in [0.05, 0.1) is 0 Å². The second kappa shape index (κ2) is 3.27. The first kappa shape index (κ1) is 7.15. The molecule has 1 aromatic rings. The topological polar surface area (TPSA) is 25.8 Å². The highest BCUT2D eigenvalue weighted by Crippen LogP contribution is 2.13. The fourth-order valence-corrected chi connectivity index (χ4v) is 1.09. The third-order valence-corrected chi connectivity index (χ3v) is 1.77. The largest absolute Gasteiger partial charge is 0.147 e. The van der Waals surface area contributed by atoms with E-state index >= 15 is 0 Å². The van der Waals surface area contributed by atoms with Crippen molar-refractivity contribution < 1.29 is 0 Å². The van der Waals surface area contributed by atoms with Crippen LogP contribution >= 0.6 is 11.3 Å². The lowest BCUT2D eigenvalue weighted by Gasteiger charge is -1.87. The lowest BCUT2D eigenvalue weighted by molar-refractivity contribution is 1.08. The summed E-state index contributed by atoms with van der Waals surface area (Å²) in [5.74, 6) is 0. The number of hydrogen-bond acceptors (Lipinski definition) is 3. The molecule has 0 aliphatic rings. The summed E-state index contributed by atoms with van der Waals surface area (Å²) in [4.78, 5) is 0. The fraction of sp³-hybridized carbons (Fsp3) is 0.143. The van der Waals surface area contributed by atoms with Crippen molar-refractivity contribution in [1.29, 1.82) is 0 Å². The molecule has 0 unspecified atom stereocenters. The van der Waals surface area contributed by atoms with Crippen LogP contribution in [0.1, 0.15) is 11.9 Å². The first-order valence-electron chi connectivity index (χ1n) is 2.92. The summed E-state index contributed by atoms with van der Waals surface area (Å²) in [5.41, 5.74) is 2.62. The van der Waals surface area contributed by atoms with Crippen LogP contribution in [0.15, 0.2) is 24.2 Å². The van der Waals surface area contributed by atoms with Crippen molar-refractivity contribution in [1.82, 2.24) is 10.2 Å². The second-order valence-electron chi connectivity index (χ2n) is 1.77. The molecule has 52 valence electrons. The fourth-order valence-electron chi connectivity index (χ4n) is 0.585. The van der Waals surface area contributed by atoms with E-state index in [2.05, 4.69) is 16.8 Å². The van der Waals surface area contributed by atoms with E-state index in [0.29, 0.717) is 0 Å². The van der Waals surface area contributed by atoms with Crippen molar-refractivity contribution in [3.63, 3.8) is 0 Å². The van der Waals surface area contributed by atoms with E-state index in [9.17, 15) is 0 Å². The lowest BCUT2D eigenvalue weighted by Crippen LogP contribution is -1.75. The summed E-state index contributed by atoms with van der Waals surface area (Å²) in [5, 5.41) is 8.44. The Balaban J connectivity index is 2.78. The van der Waals surface area contributed by atoms with Gasteiger partial charge in [0, 0.05) is 5.57 Å².